The molecule has 2 saturated heterocycles. The van der Waals surface area contributed by atoms with Crippen molar-refractivity contribution < 1.29 is 13.6 Å². The number of likely N-dealkylation sites (tertiary alicyclic amines) is 1. The summed E-state index contributed by atoms with van der Waals surface area (Å²) in [5, 5.41) is 11.8. The zero-order chi connectivity index (χ0) is 10.9. The van der Waals surface area contributed by atoms with Gasteiger partial charge in [0.2, 0.25) is 0 Å². The van der Waals surface area contributed by atoms with E-state index in [1.165, 1.54) is 0 Å². The van der Waals surface area contributed by atoms with Gasteiger partial charge < -0.3 is 5.21 Å². The molecular weight excluding hydrogens is 216 g/mol. The first-order chi connectivity index (χ1) is 7.11. The molecule has 1 unspecified atom stereocenters. The molecule has 15 heavy (non-hydrogen) atoms. The van der Waals surface area contributed by atoms with Crippen LogP contribution in [0.15, 0.2) is 5.16 Å². The molecule has 1 N–H and O–H groups in total. The van der Waals surface area contributed by atoms with Gasteiger partial charge in [0.15, 0.2) is 9.84 Å². The van der Waals surface area contributed by atoms with Crippen LogP contribution in [0.3, 0.4) is 0 Å². The molecule has 6 heteroatoms. The molecule has 2 fully saturated rings. The SMILES string of the molecule is O=S1(=O)CCC(N2CCC(=NO)CC2)C1. The van der Waals surface area contributed by atoms with Gasteiger partial charge >= 0.3 is 0 Å². The number of hydrogen-bond acceptors (Lipinski definition) is 5. The summed E-state index contributed by atoms with van der Waals surface area (Å²) in [6.45, 7) is 1.64. The van der Waals surface area contributed by atoms with Crippen LogP contribution in [0.25, 0.3) is 0 Å². The molecule has 0 saturated carbocycles. The van der Waals surface area contributed by atoms with Gasteiger partial charge in [0.1, 0.15) is 0 Å². The first-order valence-electron chi connectivity index (χ1n) is 5.25. The Morgan fingerprint density at radius 2 is 2.00 bits per heavy atom. The van der Waals surface area contributed by atoms with Crippen LogP contribution in [0.5, 0.6) is 0 Å². The molecule has 2 aliphatic heterocycles. The van der Waals surface area contributed by atoms with Gasteiger partial charge in [-0.05, 0) is 6.42 Å². The minimum atomic E-state index is -2.79. The molecule has 0 radical (unpaired) electrons. The highest BCUT2D eigenvalue weighted by Gasteiger charge is 2.33. The summed E-state index contributed by atoms with van der Waals surface area (Å²) in [5.74, 6) is 0.633. The van der Waals surface area contributed by atoms with E-state index in [0.29, 0.717) is 11.5 Å². The van der Waals surface area contributed by atoms with E-state index in [1.54, 1.807) is 0 Å². The van der Waals surface area contributed by atoms with E-state index < -0.39 is 9.84 Å². The molecule has 0 amide bonds. The third-order valence-corrected chi connectivity index (χ3v) is 4.99. The molecule has 86 valence electrons. The molecule has 1 atom stereocenters. The number of piperidine rings is 1. The Hall–Kier alpha value is -0.620. The molecule has 2 rings (SSSR count). The van der Waals surface area contributed by atoms with Gasteiger partial charge in [-0.2, -0.15) is 0 Å². The van der Waals surface area contributed by atoms with Crippen LogP contribution in [0.4, 0.5) is 0 Å². The molecule has 0 aromatic heterocycles. The summed E-state index contributed by atoms with van der Waals surface area (Å²) >= 11 is 0. The zero-order valence-electron chi connectivity index (χ0n) is 8.59. The first-order valence-corrected chi connectivity index (χ1v) is 7.07. The number of sulfone groups is 1. The number of oxime groups is 1. The van der Waals surface area contributed by atoms with Crippen molar-refractivity contribution in [1.29, 1.82) is 0 Å². The van der Waals surface area contributed by atoms with Gasteiger partial charge in [-0.15, -0.1) is 0 Å². The van der Waals surface area contributed by atoms with Crippen molar-refractivity contribution >= 4 is 15.5 Å². The quantitative estimate of drug-likeness (QED) is 0.514. The second-order valence-corrected chi connectivity index (χ2v) is 6.49. The van der Waals surface area contributed by atoms with Gasteiger partial charge in [-0.3, -0.25) is 4.90 Å². The van der Waals surface area contributed by atoms with Gasteiger partial charge in [0.25, 0.3) is 0 Å². The first kappa shape index (κ1) is 10.9. The molecule has 0 spiro atoms. The van der Waals surface area contributed by atoms with Gasteiger partial charge in [0, 0.05) is 32.0 Å². The summed E-state index contributed by atoms with van der Waals surface area (Å²) in [7, 11) is -2.79. The van der Waals surface area contributed by atoms with Crippen molar-refractivity contribution in [2.75, 3.05) is 24.6 Å². The van der Waals surface area contributed by atoms with Crippen molar-refractivity contribution in [2.24, 2.45) is 5.16 Å². The maximum atomic E-state index is 11.3. The maximum absolute atomic E-state index is 11.3. The van der Waals surface area contributed by atoms with E-state index >= 15 is 0 Å². The average molecular weight is 232 g/mol. The van der Waals surface area contributed by atoms with Crippen LogP contribution in [0.1, 0.15) is 19.3 Å². The zero-order valence-corrected chi connectivity index (χ0v) is 9.41. The van der Waals surface area contributed by atoms with Gasteiger partial charge in [0.05, 0.1) is 17.2 Å². The van der Waals surface area contributed by atoms with E-state index in [9.17, 15) is 8.42 Å². The van der Waals surface area contributed by atoms with E-state index in [-0.39, 0.29) is 6.04 Å². The third-order valence-electron chi connectivity index (χ3n) is 3.24. The standard InChI is InChI=1S/C9H16N2O3S/c12-10-8-1-4-11(5-2-8)9-3-6-15(13,14)7-9/h9,12H,1-7H2. The van der Waals surface area contributed by atoms with Crippen molar-refractivity contribution in [3.05, 3.63) is 0 Å². The average Bonchev–Trinajstić information content (AvgIpc) is 2.59. The number of nitrogens with zero attached hydrogens (tertiary/aromatic N) is 2. The van der Waals surface area contributed by atoms with Crippen molar-refractivity contribution in [2.45, 2.75) is 25.3 Å². The molecule has 2 heterocycles. The monoisotopic (exact) mass is 232 g/mol. The minimum Gasteiger partial charge on any atom is -0.411 e. The summed E-state index contributed by atoms with van der Waals surface area (Å²) in [4.78, 5) is 2.21. The lowest BCUT2D eigenvalue weighted by Gasteiger charge is -2.31. The largest absolute Gasteiger partial charge is 0.411 e. The van der Waals surface area contributed by atoms with Crippen LogP contribution in [0.2, 0.25) is 0 Å². The summed E-state index contributed by atoms with van der Waals surface area (Å²) in [5.41, 5.74) is 0.826. The highest BCUT2D eigenvalue weighted by Crippen LogP contribution is 2.20. The van der Waals surface area contributed by atoms with Crippen LogP contribution in [-0.4, -0.2) is 54.9 Å². The van der Waals surface area contributed by atoms with Crippen LogP contribution < -0.4 is 0 Å². The lowest BCUT2D eigenvalue weighted by Crippen LogP contribution is -2.42. The third kappa shape index (κ3) is 2.49. The number of hydrogen-bond donors (Lipinski definition) is 1. The Morgan fingerprint density at radius 1 is 1.33 bits per heavy atom. The highest BCUT2D eigenvalue weighted by molar-refractivity contribution is 7.91. The lowest BCUT2D eigenvalue weighted by molar-refractivity contribution is 0.208. The van der Waals surface area contributed by atoms with Crippen molar-refractivity contribution in [3.63, 3.8) is 0 Å². The fraction of sp³-hybridized carbons (Fsp3) is 0.889. The maximum Gasteiger partial charge on any atom is 0.151 e. The fourth-order valence-electron chi connectivity index (χ4n) is 2.31. The molecule has 0 aromatic carbocycles. The predicted octanol–water partition coefficient (Wildman–Crippen LogP) is 0.0995. The molecule has 0 aromatic rings. The second-order valence-electron chi connectivity index (χ2n) is 4.26. The molecule has 0 bridgehead atoms. The summed E-state index contributed by atoms with van der Waals surface area (Å²) < 4.78 is 22.6. The second kappa shape index (κ2) is 4.09. The minimum absolute atomic E-state index is 0.190. The molecule has 2 aliphatic rings. The topological polar surface area (TPSA) is 70.0 Å². The van der Waals surface area contributed by atoms with Crippen LogP contribution in [-0.2, 0) is 9.84 Å². The van der Waals surface area contributed by atoms with E-state index in [2.05, 4.69) is 10.1 Å². The fourth-order valence-corrected chi connectivity index (χ4v) is 4.07. The Kier molecular flexibility index (Phi) is 2.97. The van der Waals surface area contributed by atoms with Crippen LogP contribution >= 0.6 is 0 Å². The molecular formula is C9H16N2O3S. The van der Waals surface area contributed by atoms with Gasteiger partial charge in [-0.1, -0.05) is 5.16 Å². The lowest BCUT2D eigenvalue weighted by atomic mass is 10.1. The Labute approximate surface area is 89.7 Å². The van der Waals surface area contributed by atoms with Gasteiger partial charge in [-0.25, -0.2) is 8.42 Å². The van der Waals surface area contributed by atoms with E-state index in [1.807, 2.05) is 0 Å². The number of rotatable bonds is 1. The Bertz CT molecular complexity index is 354. The van der Waals surface area contributed by atoms with Crippen molar-refractivity contribution in [1.82, 2.24) is 4.90 Å². The Balaban J connectivity index is 1.92. The molecule has 0 aliphatic carbocycles. The normalized spacial score (nSPS) is 31.7. The summed E-state index contributed by atoms with van der Waals surface area (Å²) in [6.07, 6.45) is 2.27. The van der Waals surface area contributed by atoms with E-state index in [0.717, 1.165) is 38.1 Å². The Morgan fingerprint density at radius 3 is 2.47 bits per heavy atom. The van der Waals surface area contributed by atoms with Crippen molar-refractivity contribution in [3.8, 4) is 0 Å². The van der Waals surface area contributed by atoms with E-state index in [4.69, 9.17) is 5.21 Å². The van der Waals surface area contributed by atoms with Crippen LogP contribution in [0, 0.1) is 0 Å². The summed E-state index contributed by atoms with van der Waals surface area (Å²) in [6, 6.07) is 0.190. The smallest absolute Gasteiger partial charge is 0.151 e. The molecule has 5 nitrogen and oxygen atoms in total. The predicted molar refractivity (Wildman–Crippen MR) is 57.1 cm³/mol. The highest BCUT2D eigenvalue weighted by atomic mass is 32.2.